The van der Waals surface area contributed by atoms with Crippen LogP contribution in [0, 0.1) is 0 Å². The quantitative estimate of drug-likeness (QED) is 0.202. The van der Waals surface area contributed by atoms with E-state index in [0.29, 0.717) is 19.4 Å². The van der Waals surface area contributed by atoms with E-state index in [2.05, 4.69) is 0 Å². The van der Waals surface area contributed by atoms with Crippen molar-refractivity contribution in [3.63, 3.8) is 0 Å². The summed E-state index contributed by atoms with van der Waals surface area (Å²) in [6.45, 7) is 1.33. The maximum atomic E-state index is 11.4. The van der Waals surface area contributed by atoms with Crippen LogP contribution in [0.5, 0.6) is 0 Å². The van der Waals surface area contributed by atoms with Crippen molar-refractivity contribution in [3.05, 3.63) is 11.0 Å². The number of amides is 1. The first-order chi connectivity index (χ1) is 6.29. The Hall–Kier alpha value is -1.41. The molecule has 1 heterocycles. The SMILES string of the molecule is [N-]=C=C(C=O)C(=O)N1CCCCC1. The second-order valence-electron chi connectivity index (χ2n) is 3.00. The Kier molecular flexibility index (Phi) is 3.41. The highest BCUT2D eigenvalue weighted by atomic mass is 16.2. The lowest BCUT2D eigenvalue weighted by Crippen LogP contribution is -2.36. The molecule has 0 aliphatic carbocycles. The van der Waals surface area contributed by atoms with E-state index in [1.807, 2.05) is 0 Å². The number of piperidine rings is 1. The van der Waals surface area contributed by atoms with Crippen molar-refractivity contribution in [2.75, 3.05) is 13.1 Å². The predicted molar refractivity (Wildman–Crippen MR) is 48.4 cm³/mol. The Labute approximate surface area is 76.7 Å². The predicted octanol–water partition coefficient (Wildman–Crippen LogP) is 0.363. The van der Waals surface area contributed by atoms with Gasteiger partial charge in [0.15, 0.2) is 6.29 Å². The summed E-state index contributed by atoms with van der Waals surface area (Å²) in [6.07, 6.45) is 3.37. The lowest BCUT2D eigenvalue weighted by Gasteiger charge is -2.26. The number of nitrogens with zero attached hydrogens (tertiary/aromatic N) is 2. The van der Waals surface area contributed by atoms with E-state index in [4.69, 9.17) is 5.41 Å². The van der Waals surface area contributed by atoms with Crippen LogP contribution in [0.3, 0.4) is 0 Å². The highest BCUT2D eigenvalue weighted by molar-refractivity contribution is 6.18. The zero-order chi connectivity index (χ0) is 9.68. The Morgan fingerprint density at radius 2 is 1.92 bits per heavy atom. The normalized spacial score (nSPS) is 16.2. The lowest BCUT2D eigenvalue weighted by atomic mass is 10.1. The molecule has 4 heteroatoms. The van der Waals surface area contributed by atoms with Gasteiger partial charge in [0.05, 0.1) is 5.57 Å². The molecule has 0 aromatic rings. The van der Waals surface area contributed by atoms with Crippen molar-refractivity contribution in [1.29, 1.82) is 0 Å². The number of hydrogen-bond donors (Lipinski definition) is 0. The van der Waals surface area contributed by atoms with Crippen LogP contribution >= 0.6 is 0 Å². The van der Waals surface area contributed by atoms with Gasteiger partial charge in [-0.05, 0) is 19.3 Å². The number of carbonyl (C=O) groups is 2. The van der Waals surface area contributed by atoms with E-state index in [1.54, 1.807) is 10.8 Å². The van der Waals surface area contributed by atoms with Crippen molar-refractivity contribution in [2.45, 2.75) is 19.3 Å². The summed E-state index contributed by atoms with van der Waals surface area (Å²) in [6, 6.07) is 0. The fraction of sp³-hybridized carbons (Fsp3) is 0.556. The maximum Gasteiger partial charge on any atom is 0.263 e. The molecule has 70 valence electrons. The highest BCUT2D eigenvalue weighted by Crippen LogP contribution is 2.10. The second-order valence-corrected chi connectivity index (χ2v) is 3.00. The van der Waals surface area contributed by atoms with Crippen LogP contribution in [0.1, 0.15) is 19.3 Å². The smallest absolute Gasteiger partial charge is 0.263 e. The third-order valence-electron chi connectivity index (χ3n) is 2.11. The summed E-state index contributed by atoms with van der Waals surface area (Å²) in [5.41, 5.74) is -0.290. The van der Waals surface area contributed by atoms with Crippen molar-refractivity contribution in [3.8, 4) is 0 Å². The molecule has 0 saturated carbocycles. The average molecular weight is 179 g/mol. The van der Waals surface area contributed by atoms with E-state index in [0.717, 1.165) is 19.3 Å². The minimum Gasteiger partial charge on any atom is -0.763 e. The third kappa shape index (κ3) is 2.26. The van der Waals surface area contributed by atoms with Crippen molar-refractivity contribution >= 4 is 18.1 Å². The molecule has 4 nitrogen and oxygen atoms in total. The van der Waals surface area contributed by atoms with Crippen LogP contribution in [0.25, 0.3) is 5.41 Å². The summed E-state index contributed by atoms with van der Waals surface area (Å²) in [5.74, 6) is 1.19. The Balaban J connectivity index is 2.65. The maximum absolute atomic E-state index is 11.4. The molecule has 1 aliphatic heterocycles. The molecular formula is C9H11N2O2-. The monoisotopic (exact) mass is 179 g/mol. The van der Waals surface area contributed by atoms with Crippen LogP contribution < -0.4 is 0 Å². The molecule has 13 heavy (non-hydrogen) atoms. The molecule has 1 fully saturated rings. The Morgan fingerprint density at radius 1 is 1.31 bits per heavy atom. The van der Waals surface area contributed by atoms with E-state index < -0.39 is 5.91 Å². The Bertz CT molecular complexity index is 261. The Morgan fingerprint density at radius 3 is 2.38 bits per heavy atom. The molecule has 1 aliphatic rings. The molecule has 1 rings (SSSR count). The molecule has 0 atom stereocenters. The topological polar surface area (TPSA) is 59.7 Å². The largest absolute Gasteiger partial charge is 0.763 e. The first kappa shape index (κ1) is 9.68. The summed E-state index contributed by atoms with van der Waals surface area (Å²) < 4.78 is 0. The number of aldehydes is 1. The van der Waals surface area contributed by atoms with Crippen molar-refractivity contribution < 1.29 is 9.59 Å². The van der Waals surface area contributed by atoms with Crippen LogP contribution in [0.2, 0.25) is 0 Å². The van der Waals surface area contributed by atoms with Gasteiger partial charge in [-0.15, -0.1) is 0 Å². The molecule has 0 radical (unpaired) electrons. The van der Waals surface area contributed by atoms with Crippen LogP contribution in [0.15, 0.2) is 5.57 Å². The van der Waals surface area contributed by atoms with E-state index in [-0.39, 0.29) is 5.57 Å². The molecule has 0 aromatic carbocycles. The van der Waals surface area contributed by atoms with Crippen LogP contribution in [0.4, 0.5) is 0 Å². The molecule has 0 spiro atoms. The molecule has 0 aromatic heterocycles. The van der Waals surface area contributed by atoms with Gasteiger partial charge in [-0.3, -0.25) is 15.5 Å². The van der Waals surface area contributed by atoms with E-state index in [1.165, 1.54) is 0 Å². The molecule has 0 N–H and O–H groups in total. The second kappa shape index (κ2) is 4.58. The van der Waals surface area contributed by atoms with Gasteiger partial charge < -0.3 is 10.3 Å². The van der Waals surface area contributed by atoms with Gasteiger partial charge in [-0.1, -0.05) is 0 Å². The number of hydrogen-bond acceptors (Lipinski definition) is 2. The molecular weight excluding hydrogens is 168 g/mol. The highest BCUT2D eigenvalue weighted by Gasteiger charge is 2.18. The van der Waals surface area contributed by atoms with Gasteiger partial charge in [0, 0.05) is 13.1 Å². The zero-order valence-electron chi connectivity index (χ0n) is 7.32. The summed E-state index contributed by atoms with van der Waals surface area (Å²) in [4.78, 5) is 23.3. The van der Waals surface area contributed by atoms with Gasteiger partial charge in [0.2, 0.25) is 0 Å². The fourth-order valence-electron chi connectivity index (χ4n) is 1.39. The van der Waals surface area contributed by atoms with Gasteiger partial charge >= 0.3 is 0 Å². The standard InChI is InChI=1S/C9H11N2O2/c10-6-8(7-12)9(13)11-4-2-1-3-5-11/h7H,1-5H2/q-1. The number of rotatable bonds is 2. The summed E-state index contributed by atoms with van der Waals surface area (Å²) >= 11 is 0. The van der Waals surface area contributed by atoms with Crippen LogP contribution in [-0.2, 0) is 9.59 Å². The van der Waals surface area contributed by atoms with Gasteiger partial charge in [-0.2, -0.15) is 0 Å². The third-order valence-corrected chi connectivity index (χ3v) is 2.11. The first-order valence-corrected chi connectivity index (χ1v) is 4.31. The zero-order valence-corrected chi connectivity index (χ0v) is 7.32. The first-order valence-electron chi connectivity index (χ1n) is 4.31. The van der Waals surface area contributed by atoms with E-state index >= 15 is 0 Å². The summed E-state index contributed by atoms with van der Waals surface area (Å²) in [7, 11) is 0. The summed E-state index contributed by atoms with van der Waals surface area (Å²) in [5, 5.41) is 8.46. The van der Waals surface area contributed by atoms with Gasteiger partial charge in [0.1, 0.15) is 0 Å². The fourth-order valence-corrected chi connectivity index (χ4v) is 1.39. The van der Waals surface area contributed by atoms with Gasteiger partial charge in [0.25, 0.3) is 5.91 Å². The number of carbonyl (C=O) groups excluding carboxylic acids is 2. The lowest BCUT2D eigenvalue weighted by molar-refractivity contribution is -0.128. The molecule has 0 bridgehead atoms. The minimum absolute atomic E-state index is 0.290. The van der Waals surface area contributed by atoms with Gasteiger partial charge in [-0.25, -0.2) is 0 Å². The van der Waals surface area contributed by atoms with E-state index in [9.17, 15) is 9.59 Å². The van der Waals surface area contributed by atoms with Crippen LogP contribution in [-0.4, -0.2) is 36.1 Å². The molecule has 1 saturated heterocycles. The number of likely N-dealkylation sites (tertiary alicyclic amines) is 1. The van der Waals surface area contributed by atoms with Crippen molar-refractivity contribution in [2.24, 2.45) is 0 Å². The average Bonchev–Trinajstić information content (AvgIpc) is 2.21. The molecule has 1 amide bonds. The molecule has 0 unspecified atom stereocenters. The minimum atomic E-state index is -0.419. The van der Waals surface area contributed by atoms with Crippen molar-refractivity contribution in [1.82, 2.24) is 4.90 Å².